The monoisotopic (exact) mass is 710 g/mol. The second kappa shape index (κ2) is 16.6. The first-order valence-corrected chi connectivity index (χ1v) is 18.7. The standard InChI is InChI=1S/C42H54N4O6/c1-6-23-49-31-19-20-37-34(26-31)39-32(18-12-14-22-48)30(17-11-13-21-47)25-33-35(44-52-41(3,4)5)27-38(42(51-37,40(33)39)50-24-7-2)46-36(28-43-45-46)29-15-9-8-10-16-29/h6-10,15-16,19-20,25-26,28,30,32,38-40,47-48H,1-2,11-14,17-18,21-24,27H2,3-5H3. The third kappa shape index (κ3) is 7.75. The quantitative estimate of drug-likeness (QED) is 0.0827. The van der Waals surface area contributed by atoms with E-state index in [2.05, 4.69) is 42.5 Å². The second-order valence-electron chi connectivity index (χ2n) is 15.0. The van der Waals surface area contributed by atoms with Crippen molar-refractivity contribution in [3.8, 4) is 22.8 Å². The Balaban J connectivity index is 1.63. The number of aliphatic hydroxyl groups is 2. The van der Waals surface area contributed by atoms with Crippen LogP contribution < -0.4 is 9.47 Å². The fourth-order valence-electron chi connectivity index (χ4n) is 8.30. The van der Waals surface area contributed by atoms with Gasteiger partial charge in [-0.2, -0.15) is 0 Å². The van der Waals surface area contributed by atoms with Crippen molar-refractivity contribution >= 4 is 5.71 Å². The Bertz CT molecular complexity index is 1730. The number of nitrogens with zero attached hydrogens (tertiary/aromatic N) is 4. The fourth-order valence-corrected chi connectivity index (χ4v) is 8.30. The first kappa shape index (κ1) is 37.5. The lowest BCUT2D eigenvalue weighted by atomic mass is 9.55. The minimum Gasteiger partial charge on any atom is -0.490 e. The van der Waals surface area contributed by atoms with Gasteiger partial charge in [-0.1, -0.05) is 78.3 Å². The zero-order valence-corrected chi connectivity index (χ0v) is 30.8. The largest absolute Gasteiger partial charge is 0.490 e. The molecule has 3 aromatic rings. The van der Waals surface area contributed by atoms with Crippen molar-refractivity contribution in [1.29, 1.82) is 0 Å². The van der Waals surface area contributed by atoms with Crippen LogP contribution in [0.5, 0.6) is 11.5 Å². The molecule has 3 aliphatic rings. The first-order chi connectivity index (χ1) is 25.2. The Morgan fingerprint density at radius 2 is 1.75 bits per heavy atom. The molecule has 6 atom stereocenters. The minimum absolute atomic E-state index is 0.0787. The van der Waals surface area contributed by atoms with Crippen LogP contribution in [0.4, 0.5) is 0 Å². The molecule has 1 saturated carbocycles. The van der Waals surface area contributed by atoms with E-state index in [1.807, 2.05) is 55.8 Å². The summed E-state index contributed by atoms with van der Waals surface area (Å²) in [5.74, 6) is 0.174. The molecule has 10 nitrogen and oxygen atoms in total. The molecule has 2 aliphatic carbocycles. The predicted molar refractivity (Wildman–Crippen MR) is 202 cm³/mol. The first-order valence-electron chi connectivity index (χ1n) is 18.7. The van der Waals surface area contributed by atoms with Gasteiger partial charge in [-0.15, -0.1) is 11.7 Å². The van der Waals surface area contributed by atoms with Crippen molar-refractivity contribution in [3.05, 3.63) is 97.3 Å². The van der Waals surface area contributed by atoms with Crippen LogP contribution in [0.1, 0.15) is 83.2 Å². The molecule has 6 unspecified atom stereocenters. The number of ether oxygens (including phenoxy) is 3. The molecule has 10 heteroatoms. The highest BCUT2D eigenvalue weighted by Gasteiger charge is 2.65. The highest BCUT2D eigenvalue weighted by molar-refractivity contribution is 6.02. The summed E-state index contributed by atoms with van der Waals surface area (Å²) >= 11 is 0. The number of aliphatic hydroxyl groups excluding tert-OH is 2. The molecule has 52 heavy (non-hydrogen) atoms. The maximum atomic E-state index is 9.87. The smallest absolute Gasteiger partial charge is 0.241 e. The lowest BCUT2D eigenvalue weighted by Gasteiger charge is -2.58. The number of aromatic nitrogens is 3. The Labute approximate surface area is 307 Å². The highest BCUT2D eigenvalue weighted by atomic mass is 16.7. The van der Waals surface area contributed by atoms with Gasteiger partial charge in [0.25, 0.3) is 0 Å². The summed E-state index contributed by atoms with van der Waals surface area (Å²) in [4.78, 5) is 6.22. The number of allylic oxidation sites excluding steroid dienone is 1. The van der Waals surface area contributed by atoms with Gasteiger partial charge in [0.05, 0.1) is 30.1 Å². The molecular weight excluding hydrogens is 656 g/mol. The van der Waals surface area contributed by atoms with Gasteiger partial charge in [-0.3, -0.25) is 0 Å². The molecule has 0 bridgehead atoms. The Morgan fingerprint density at radius 1 is 1.00 bits per heavy atom. The van der Waals surface area contributed by atoms with E-state index in [1.54, 1.807) is 18.3 Å². The van der Waals surface area contributed by atoms with Crippen LogP contribution in [0, 0.1) is 17.8 Å². The highest BCUT2D eigenvalue weighted by Crippen LogP contribution is 2.63. The van der Waals surface area contributed by atoms with E-state index < -0.39 is 17.4 Å². The normalized spacial score (nSPS) is 25.8. The maximum absolute atomic E-state index is 9.87. The van der Waals surface area contributed by atoms with Crippen molar-refractivity contribution < 1.29 is 29.3 Å². The van der Waals surface area contributed by atoms with Gasteiger partial charge in [-0.05, 0) is 82.1 Å². The average molecular weight is 711 g/mol. The van der Waals surface area contributed by atoms with Crippen molar-refractivity contribution in [2.24, 2.45) is 22.9 Å². The summed E-state index contributed by atoms with van der Waals surface area (Å²) in [6.07, 6.45) is 13.1. The second-order valence-corrected chi connectivity index (χ2v) is 15.0. The van der Waals surface area contributed by atoms with Crippen LogP contribution >= 0.6 is 0 Å². The summed E-state index contributed by atoms with van der Waals surface area (Å²) < 4.78 is 22.4. The lowest BCUT2D eigenvalue weighted by molar-refractivity contribution is -0.252. The summed E-state index contributed by atoms with van der Waals surface area (Å²) in [6.45, 7) is 14.8. The van der Waals surface area contributed by atoms with E-state index in [-0.39, 0.29) is 43.5 Å². The van der Waals surface area contributed by atoms with Gasteiger partial charge in [0, 0.05) is 36.7 Å². The van der Waals surface area contributed by atoms with Crippen LogP contribution in [0.15, 0.2) is 96.8 Å². The van der Waals surface area contributed by atoms with Gasteiger partial charge in [0.1, 0.15) is 29.7 Å². The molecule has 2 aromatic carbocycles. The number of rotatable bonds is 17. The third-order valence-corrected chi connectivity index (χ3v) is 10.4. The van der Waals surface area contributed by atoms with Crippen LogP contribution in [0.2, 0.25) is 0 Å². The Morgan fingerprint density at radius 3 is 2.46 bits per heavy atom. The lowest BCUT2D eigenvalue weighted by Crippen LogP contribution is -2.63. The SMILES string of the molecule is C=CCOc1ccc2c(c1)C1C(CCCCO)C(CCCCO)C=C3C(=NOC(C)(C)C)CC(n4nncc4-c4ccccc4)C(OCC=C)(O2)C31. The Hall–Kier alpha value is -4.25. The Kier molecular flexibility index (Phi) is 12.0. The van der Waals surface area contributed by atoms with Gasteiger partial charge in [0.15, 0.2) is 0 Å². The molecule has 0 saturated heterocycles. The summed E-state index contributed by atoms with van der Waals surface area (Å²) in [5, 5.41) is 33.7. The molecule has 1 aliphatic heterocycles. The molecule has 0 spiro atoms. The summed E-state index contributed by atoms with van der Waals surface area (Å²) in [5.41, 5.74) is 4.22. The van der Waals surface area contributed by atoms with E-state index in [0.717, 1.165) is 71.7 Å². The van der Waals surface area contributed by atoms with Gasteiger partial charge < -0.3 is 29.3 Å². The molecule has 0 amide bonds. The molecule has 6 rings (SSSR count). The zero-order chi connectivity index (χ0) is 36.7. The molecule has 1 fully saturated rings. The van der Waals surface area contributed by atoms with Crippen molar-refractivity contribution in [2.75, 3.05) is 26.4 Å². The van der Waals surface area contributed by atoms with E-state index >= 15 is 0 Å². The van der Waals surface area contributed by atoms with E-state index in [4.69, 9.17) is 29.4 Å². The van der Waals surface area contributed by atoms with Crippen LogP contribution in [0.25, 0.3) is 11.3 Å². The van der Waals surface area contributed by atoms with Crippen molar-refractivity contribution in [3.63, 3.8) is 0 Å². The van der Waals surface area contributed by atoms with Crippen molar-refractivity contribution in [1.82, 2.24) is 15.0 Å². The van der Waals surface area contributed by atoms with E-state index in [1.165, 1.54) is 0 Å². The predicted octanol–water partition coefficient (Wildman–Crippen LogP) is 7.81. The number of hydrogen-bond acceptors (Lipinski definition) is 9. The van der Waals surface area contributed by atoms with Crippen LogP contribution in [0.3, 0.4) is 0 Å². The van der Waals surface area contributed by atoms with Gasteiger partial charge >= 0.3 is 0 Å². The molecular formula is C42H54N4O6. The number of hydrogen-bond donors (Lipinski definition) is 2. The molecule has 0 radical (unpaired) electrons. The van der Waals surface area contributed by atoms with E-state index in [9.17, 15) is 10.2 Å². The molecule has 2 N–H and O–H groups in total. The fraction of sp³-hybridized carbons (Fsp3) is 0.500. The number of unbranched alkanes of at least 4 members (excludes halogenated alkanes) is 2. The maximum Gasteiger partial charge on any atom is 0.241 e. The topological polar surface area (TPSA) is 120 Å². The number of fused-ring (bicyclic) bond motifs is 2. The van der Waals surface area contributed by atoms with Crippen LogP contribution in [-0.2, 0) is 9.57 Å². The third-order valence-electron chi connectivity index (χ3n) is 10.4. The van der Waals surface area contributed by atoms with E-state index in [0.29, 0.717) is 19.4 Å². The minimum atomic E-state index is -1.23. The number of oxime groups is 1. The molecule has 2 heterocycles. The molecule has 1 aromatic heterocycles. The number of benzene rings is 2. The average Bonchev–Trinajstić information content (AvgIpc) is 3.63. The van der Waals surface area contributed by atoms with Crippen molar-refractivity contribution in [2.45, 2.75) is 89.1 Å². The van der Waals surface area contributed by atoms with Gasteiger partial charge in [-0.25, -0.2) is 4.68 Å². The summed E-state index contributed by atoms with van der Waals surface area (Å²) in [7, 11) is 0. The molecule has 278 valence electrons. The van der Waals surface area contributed by atoms with Crippen LogP contribution in [-0.4, -0.2) is 68.7 Å². The van der Waals surface area contributed by atoms with Gasteiger partial charge in [0.2, 0.25) is 5.79 Å². The zero-order valence-electron chi connectivity index (χ0n) is 30.8. The summed E-state index contributed by atoms with van der Waals surface area (Å²) in [6, 6.07) is 15.7.